The Morgan fingerprint density at radius 1 is 0.829 bits per heavy atom. The topological polar surface area (TPSA) is 59.7 Å². The molecule has 0 spiro atoms. The lowest BCUT2D eigenvalue weighted by Gasteiger charge is -2.15. The fraction of sp³-hybridized carbons (Fsp3) is 0.133. The molecule has 11 heteroatoms. The van der Waals surface area contributed by atoms with Gasteiger partial charge in [0.2, 0.25) is 0 Å². The second-order valence-corrected chi connectivity index (χ2v) is 9.14. The number of nitrogens with one attached hydrogen (secondary N) is 1. The zero-order valence-electron chi connectivity index (χ0n) is 21.6. The second kappa shape index (κ2) is 10.6. The van der Waals surface area contributed by atoms with E-state index in [4.69, 9.17) is 9.26 Å². The Balaban J connectivity index is 1.60. The number of hydrogen-bond donors (Lipinski definition) is 1. The molecule has 0 aliphatic carbocycles. The third-order valence-electron chi connectivity index (χ3n) is 6.26. The van der Waals surface area contributed by atoms with Crippen molar-refractivity contribution in [1.82, 2.24) is 5.16 Å². The average molecular weight is 570 g/mol. The third-order valence-corrected chi connectivity index (χ3v) is 6.26. The van der Waals surface area contributed by atoms with Gasteiger partial charge in [-0.25, -0.2) is 0 Å². The van der Waals surface area contributed by atoms with Gasteiger partial charge < -0.3 is 9.26 Å². The Morgan fingerprint density at radius 2 is 1.46 bits per heavy atom. The molecule has 5 aromatic rings. The van der Waals surface area contributed by atoms with E-state index >= 15 is 0 Å². The van der Waals surface area contributed by atoms with Crippen LogP contribution in [0, 0.1) is 6.92 Å². The first-order valence-corrected chi connectivity index (χ1v) is 12.2. The fourth-order valence-corrected chi connectivity index (χ4v) is 4.39. The van der Waals surface area contributed by atoms with Gasteiger partial charge in [0, 0.05) is 0 Å². The number of anilines is 1. The van der Waals surface area contributed by atoms with Gasteiger partial charge in [0.15, 0.2) is 0 Å². The average Bonchev–Trinajstić information content (AvgIpc) is 3.31. The Bertz CT molecular complexity index is 1710. The van der Waals surface area contributed by atoms with Gasteiger partial charge in [-0.3, -0.25) is 5.43 Å². The van der Waals surface area contributed by atoms with Crippen LogP contribution in [0.1, 0.15) is 29.4 Å². The van der Waals surface area contributed by atoms with Crippen LogP contribution in [0.5, 0.6) is 11.5 Å². The van der Waals surface area contributed by atoms with Gasteiger partial charge in [-0.2, -0.15) is 31.4 Å². The quantitative estimate of drug-likeness (QED) is 0.126. The van der Waals surface area contributed by atoms with Crippen molar-refractivity contribution in [3.05, 3.63) is 107 Å². The van der Waals surface area contributed by atoms with Crippen molar-refractivity contribution in [2.75, 3.05) is 5.43 Å². The molecular formula is C30H21F6N3O2. The predicted octanol–water partition coefficient (Wildman–Crippen LogP) is 9.47. The molecule has 0 fully saturated rings. The number of aromatic nitrogens is 1. The van der Waals surface area contributed by atoms with Gasteiger partial charge in [0.05, 0.1) is 33.7 Å². The summed E-state index contributed by atoms with van der Waals surface area (Å²) >= 11 is 0. The molecule has 0 saturated heterocycles. The molecule has 4 aromatic carbocycles. The molecule has 0 radical (unpaired) electrons. The highest BCUT2D eigenvalue weighted by Gasteiger charge is 2.37. The molecule has 210 valence electrons. The molecule has 1 heterocycles. The van der Waals surface area contributed by atoms with Gasteiger partial charge in [-0.1, -0.05) is 53.7 Å². The summed E-state index contributed by atoms with van der Waals surface area (Å²) in [7, 11) is 0. The maximum atomic E-state index is 13.3. The standard InChI is InChI=1S/C30H21F6N3O2/c1-17(37-38-22-15-20(29(31,32)33)14-21(16-22)30(34,35)36)26-18(2)41-39-28(26)27-24-11-7-6-8-19(24)12-13-25(27)40-23-9-4-3-5-10-23/h3-16,38H,1-2H3/b37-17+. The lowest BCUT2D eigenvalue weighted by atomic mass is 9.96. The molecule has 1 aromatic heterocycles. The van der Waals surface area contributed by atoms with Crippen molar-refractivity contribution in [3.63, 3.8) is 0 Å². The van der Waals surface area contributed by atoms with E-state index in [0.29, 0.717) is 46.2 Å². The summed E-state index contributed by atoms with van der Waals surface area (Å²) in [5, 5.41) is 10.0. The number of halogens is 6. The number of ether oxygens (including phenoxy) is 1. The Labute approximate surface area is 230 Å². The number of hydrogen-bond acceptors (Lipinski definition) is 5. The first-order chi connectivity index (χ1) is 19.4. The number of para-hydroxylation sites is 1. The SMILES string of the molecule is C/C(=N\Nc1cc(C(F)(F)F)cc(C(F)(F)F)c1)c1c(-c2c(Oc3ccccc3)ccc3ccccc23)noc1C. The normalized spacial score (nSPS) is 12.5. The van der Waals surface area contributed by atoms with Gasteiger partial charge in [-0.05, 0) is 61.0 Å². The molecule has 0 saturated carbocycles. The molecular weight excluding hydrogens is 548 g/mol. The summed E-state index contributed by atoms with van der Waals surface area (Å²) in [5.74, 6) is 1.36. The molecule has 0 aliphatic rings. The van der Waals surface area contributed by atoms with Crippen molar-refractivity contribution in [2.45, 2.75) is 26.2 Å². The minimum absolute atomic E-state index is 0.0543. The van der Waals surface area contributed by atoms with Crippen LogP contribution in [-0.2, 0) is 12.4 Å². The third kappa shape index (κ3) is 5.88. The van der Waals surface area contributed by atoms with E-state index in [2.05, 4.69) is 15.7 Å². The number of fused-ring (bicyclic) bond motifs is 1. The number of aryl methyl sites for hydroxylation is 1. The number of rotatable bonds is 6. The van der Waals surface area contributed by atoms with Crippen molar-refractivity contribution < 1.29 is 35.6 Å². The lowest BCUT2D eigenvalue weighted by molar-refractivity contribution is -0.143. The van der Waals surface area contributed by atoms with E-state index in [9.17, 15) is 26.3 Å². The number of alkyl halides is 6. The first-order valence-electron chi connectivity index (χ1n) is 12.2. The minimum Gasteiger partial charge on any atom is -0.457 e. The van der Waals surface area contributed by atoms with Crippen LogP contribution in [-0.4, -0.2) is 10.9 Å². The summed E-state index contributed by atoms with van der Waals surface area (Å²) in [6.07, 6.45) is -9.98. The van der Waals surface area contributed by atoms with Crippen LogP contribution in [0.15, 0.2) is 94.6 Å². The minimum atomic E-state index is -4.99. The van der Waals surface area contributed by atoms with Crippen LogP contribution in [0.4, 0.5) is 32.0 Å². The van der Waals surface area contributed by atoms with Gasteiger partial charge >= 0.3 is 12.4 Å². The van der Waals surface area contributed by atoms with Crippen LogP contribution >= 0.6 is 0 Å². The first kappa shape index (κ1) is 27.8. The summed E-state index contributed by atoms with van der Waals surface area (Å²) < 4.78 is 91.5. The number of nitrogens with zero attached hydrogens (tertiary/aromatic N) is 2. The van der Waals surface area contributed by atoms with Gasteiger partial charge in [0.25, 0.3) is 0 Å². The predicted molar refractivity (Wildman–Crippen MR) is 143 cm³/mol. The molecule has 41 heavy (non-hydrogen) atoms. The molecule has 1 N–H and O–H groups in total. The molecule has 0 amide bonds. The Kier molecular flexibility index (Phi) is 7.20. The molecule has 0 aliphatic heterocycles. The summed E-state index contributed by atoms with van der Waals surface area (Å²) in [4.78, 5) is 0. The van der Waals surface area contributed by atoms with E-state index in [0.717, 1.165) is 10.8 Å². The van der Waals surface area contributed by atoms with Crippen LogP contribution in [0.3, 0.4) is 0 Å². The molecule has 5 rings (SSSR count). The summed E-state index contributed by atoms with van der Waals surface area (Å²) in [6, 6.07) is 21.4. The zero-order chi connectivity index (χ0) is 29.4. The molecule has 0 bridgehead atoms. The maximum Gasteiger partial charge on any atom is 0.416 e. The number of hydrazone groups is 1. The van der Waals surface area contributed by atoms with E-state index in [1.165, 1.54) is 6.92 Å². The summed E-state index contributed by atoms with van der Waals surface area (Å²) in [5.41, 5.74) is 0.472. The highest BCUT2D eigenvalue weighted by atomic mass is 19.4. The maximum absolute atomic E-state index is 13.3. The molecule has 5 nitrogen and oxygen atoms in total. The largest absolute Gasteiger partial charge is 0.457 e. The molecule has 0 unspecified atom stereocenters. The fourth-order valence-electron chi connectivity index (χ4n) is 4.39. The second-order valence-electron chi connectivity index (χ2n) is 9.14. The highest BCUT2D eigenvalue weighted by Crippen LogP contribution is 2.41. The van der Waals surface area contributed by atoms with Crippen molar-refractivity contribution in [3.8, 4) is 22.8 Å². The lowest BCUT2D eigenvalue weighted by Crippen LogP contribution is -2.12. The highest BCUT2D eigenvalue weighted by molar-refractivity contribution is 6.09. The smallest absolute Gasteiger partial charge is 0.416 e. The summed E-state index contributed by atoms with van der Waals surface area (Å²) in [6.45, 7) is 3.16. The van der Waals surface area contributed by atoms with Crippen LogP contribution in [0.2, 0.25) is 0 Å². The number of benzene rings is 4. The van der Waals surface area contributed by atoms with Crippen LogP contribution in [0.25, 0.3) is 22.0 Å². The molecule has 0 atom stereocenters. The monoisotopic (exact) mass is 569 g/mol. The van der Waals surface area contributed by atoms with E-state index in [-0.39, 0.29) is 11.8 Å². The van der Waals surface area contributed by atoms with Crippen LogP contribution < -0.4 is 10.2 Å². The van der Waals surface area contributed by atoms with E-state index in [1.807, 2.05) is 48.5 Å². The van der Waals surface area contributed by atoms with Crippen molar-refractivity contribution >= 4 is 22.2 Å². The Morgan fingerprint density at radius 3 is 2.12 bits per heavy atom. The zero-order valence-corrected chi connectivity index (χ0v) is 21.6. The Hall–Kier alpha value is -4.80. The van der Waals surface area contributed by atoms with E-state index < -0.39 is 29.2 Å². The van der Waals surface area contributed by atoms with Crippen molar-refractivity contribution in [2.24, 2.45) is 5.10 Å². The van der Waals surface area contributed by atoms with Crippen molar-refractivity contribution in [1.29, 1.82) is 0 Å². The van der Waals surface area contributed by atoms with E-state index in [1.54, 1.807) is 25.1 Å². The van der Waals surface area contributed by atoms with Gasteiger partial charge in [0.1, 0.15) is 23.0 Å². The van der Waals surface area contributed by atoms with Gasteiger partial charge in [-0.15, -0.1) is 0 Å².